The van der Waals surface area contributed by atoms with Crippen molar-refractivity contribution in [1.82, 2.24) is 0 Å². The minimum Gasteiger partial charge on any atom is -0.392 e. The highest BCUT2D eigenvalue weighted by Gasteiger charge is 2.55. The van der Waals surface area contributed by atoms with Crippen LogP contribution in [0.1, 0.15) is 52.4 Å². The highest BCUT2D eigenvalue weighted by molar-refractivity contribution is 6.43. The van der Waals surface area contributed by atoms with E-state index in [1.165, 1.54) is 12.0 Å². The summed E-state index contributed by atoms with van der Waals surface area (Å²) < 4.78 is 0. The van der Waals surface area contributed by atoms with E-state index in [-0.39, 0.29) is 17.3 Å². The SMILES string of the molecule is C[C@@H]1CC2=C(Cl)C(=O)CC[C@@H]2[C@H]2CC[C@]3(C)[C@@H](O)CC=C[C@H]3[C@@H]21. The van der Waals surface area contributed by atoms with Gasteiger partial charge in [-0.1, -0.05) is 37.6 Å². The van der Waals surface area contributed by atoms with E-state index in [0.29, 0.717) is 41.0 Å². The summed E-state index contributed by atoms with van der Waals surface area (Å²) in [5.74, 6) is 2.90. The summed E-state index contributed by atoms with van der Waals surface area (Å²) in [5.41, 5.74) is 1.28. The van der Waals surface area contributed by atoms with E-state index in [9.17, 15) is 9.90 Å². The van der Waals surface area contributed by atoms with Gasteiger partial charge in [0.25, 0.3) is 0 Å². The van der Waals surface area contributed by atoms with Crippen LogP contribution in [0.25, 0.3) is 0 Å². The lowest BCUT2D eigenvalue weighted by Crippen LogP contribution is -2.54. The molecule has 0 heterocycles. The number of aliphatic hydroxyl groups excluding tert-OH is 1. The van der Waals surface area contributed by atoms with Gasteiger partial charge in [-0.3, -0.25) is 4.79 Å². The van der Waals surface area contributed by atoms with E-state index >= 15 is 0 Å². The first kappa shape index (κ1) is 15.9. The molecule has 1 N–H and O–H groups in total. The molecule has 0 aliphatic heterocycles. The third kappa shape index (κ3) is 2.21. The van der Waals surface area contributed by atoms with Gasteiger partial charge in [-0.25, -0.2) is 0 Å². The number of fused-ring (bicyclic) bond motifs is 5. The second kappa shape index (κ2) is 5.46. The number of hydrogen-bond acceptors (Lipinski definition) is 2. The molecular weight excluding hydrogens is 308 g/mol. The van der Waals surface area contributed by atoms with Gasteiger partial charge in [-0.15, -0.1) is 0 Å². The number of carbonyl (C=O) groups excluding carboxylic acids is 1. The molecule has 0 unspecified atom stereocenters. The minimum atomic E-state index is -0.209. The number of Topliss-reactive ketones (excluding diaryl/α,β-unsaturated/α-hetero) is 1. The molecule has 0 bridgehead atoms. The molecule has 0 amide bonds. The van der Waals surface area contributed by atoms with E-state index < -0.39 is 0 Å². The topological polar surface area (TPSA) is 37.3 Å². The summed E-state index contributed by atoms with van der Waals surface area (Å²) >= 11 is 6.40. The zero-order valence-electron chi connectivity index (χ0n) is 14.1. The lowest BCUT2D eigenvalue weighted by molar-refractivity contribution is -0.117. The molecule has 4 aliphatic carbocycles. The molecule has 2 saturated carbocycles. The first-order valence-electron chi connectivity index (χ1n) is 9.20. The molecule has 0 aromatic carbocycles. The predicted molar refractivity (Wildman–Crippen MR) is 92.0 cm³/mol. The Bertz CT molecular complexity index is 592. The van der Waals surface area contributed by atoms with Gasteiger partial charge in [-0.05, 0) is 67.3 Å². The number of rotatable bonds is 0. The maximum atomic E-state index is 12.0. The third-order valence-electron chi connectivity index (χ3n) is 7.52. The summed E-state index contributed by atoms with van der Waals surface area (Å²) in [7, 11) is 0. The average Bonchev–Trinajstić information content (AvgIpc) is 2.52. The number of ketones is 1. The van der Waals surface area contributed by atoms with E-state index in [4.69, 9.17) is 11.6 Å². The van der Waals surface area contributed by atoms with Crippen LogP contribution in [0, 0.1) is 35.0 Å². The second-order valence-electron chi connectivity index (χ2n) is 8.58. The monoisotopic (exact) mass is 334 g/mol. The van der Waals surface area contributed by atoms with Crippen LogP contribution in [0.15, 0.2) is 22.8 Å². The van der Waals surface area contributed by atoms with Gasteiger partial charge >= 0.3 is 0 Å². The molecule has 4 aliphatic rings. The standard InChI is InChI=1S/C20H27ClO2/c1-11-10-14-12(6-7-16(22)19(14)21)13-8-9-20(2)15(18(11)13)4-3-5-17(20)23/h3-4,11-13,15,17-18,23H,5-10H2,1-2H3/t11-,12-,13-,15+,17+,18-,20+/m1/s1. The largest absolute Gasteiger partial charge is 0.392 e. The molecule has 3 heteroatoms. The maximum Gasteiger partial charge on any atom is 0.174 e. The number of aliphatic hydroxyl groups is 1. The van der Waals surface area contributed by atoms with Gasteiger partial charge in [0, 0.05) is 11.8 Å². The summed E-state index contributed by atoms with van der Waals surface area (Å²) in [4.78, 5) is 12.0. The van der Waals surface area contributed by atoms with Gasteiger partial charge < -0.3 is 5.11 Å². The Morgan fingerprint density at radius 3 is 2.91 bits per heavy atom. The molecular formula is C20H27ClO2. The predicted octanol–water partition coefficient (Wildman–Crippen LogP) is 4.47. The number of carbonyl (C=O) groups is 1. The molecule has 0 aromatic heterocycles. The van der Waals surface area contributed by atoms with Crippen molar-refractivity contribution >= 4 is 17.4 Å². The van der Waals surface area contributed by atoms with Crippen molar-refractivity contribution < 1.29 is 9.90 Å². The van der Waals surface area contributed by atoms with E-state index in [0.717, 1.165) is 25.7 Å². The summed E-state index contributed by atoms with van der Waals surface area (Å²) in [6, 6.07) is 0. The van der Waals surface area contributed by atoms with Crippen LogP contribution in [0.5, 0.6) is 0 Å². The van der Waals surface area contributed by atoms with Crippen molar-refractivity contribution in [2.24, 2.45) is 35.0 Å². The first-order chi connectivity index (χ1) is 10.9. The highest BCUT2D eigenvalue weighted by Crippen LogP contribution is 2.61. The molecule has 7 atom stereocenters. The van der Waals surface area contributed by atoms with Crippen LogP contribution in [-0.2, 0) is 4.79 Å². The zero-order chi connectivity index (χ0) is 16.4. The molecule has 23 heavy (non-hydrogen) atoms. The molecule has 0 radical (unpaired) electrons. The zero-order valence-corrected chi connectivity index (χ0v) is 14.9. The lowest BCUT2D eigenvalue weighted by Gasteiger charge is -2.58. The van der Waals surface area contributed by atoms with Crippen molar-refractivity contribution in [1.29, 1.82) is 0 Å². The van der Waals surface area contributed by atoms with Crippen LogP contribution >= 0.6 is 11.6 Å². The molecule has 2 fully saturated rings. The van der Waals surface area contributed by atoms with Crippen LogP contribution < -0.4 is 0 Å². The van der Waals surface area contributed by atoms with Crippen molar-refractivity contribution in [3.63, 3.8) is 0 Å². The Morgan fingerprint density at radius 1 is 1.35 bits per heavy atom. The van der Waals surface area contributed by atoms with Crippen molar-refractivity contribution in [2.75, 3.05) is 0 Å². The van der Waals surface area contributed by atoms with Crippen LogP contribution in [0.4, 0.5) is 0 Å². The molecule has 0 saturated heterocycles. The summed E-state index contributed by atoms with van der Waals surface area (Å²) in [5, 5.41) is 11.2. The Morgan fingerprint density at radius 2 is 2.13 bits per heavy atom. The van der Waals surface area contributed by atoms with Gasteiger partial charge in [0.15, 0.2) is 5.78 Å². The van der Waals surface area contributed by atoms with Gasteiger partial charge in [-0.2, -0.15) is 0 Å². The average molecular weight is 335 g/mol. The fourth-order valence-corrected chi connectivity index (χ4v) is 6.57. The first-order valence-corrected chi connectivity index (χ1v) is 9.57. The molecule has 2 nitrogen and oxygen atoms in total. The van der Waals surface area contributed by atoms with E-state index in [1.54, 1.807) is 0 Å². The Labute approximate surface area is 144 Å². The van der Waals surface area contributed by atoms with Crippen molar-refractivity contribution in [2.45, 2.75) is 58.5 Å². The van der Waals surface area contributed by atoms with E-state index in [1.807, 2.05) is 0 Å². The van der Waals surface area contributed by atoms with Crippen LogP contribution in [0.3, 0.4) is 0 Å². The smallest absolute Gasteiger partial charge is 0.174 e. The van der Waals surface area contributed by atoms with E-state index in [2.05, 4.69) is 26.0 Å². The summed E-state index contributed by atoms with van der Waals surface area (Å²) in [6.45, 7) is 4.61. The van der Waals surface area contributed by atoms with Crippen molar-refractivity contribution in [3.8, 4) is 0 Å². The quantitative estimate of drug-likeness (QED) is 0.664. The van der Waals surface area contributed by atoms with Gasteiger partial charge in [0.2, 0.25) is 0 Å². The second-order valence-corrected chi connectivity index (χ2v) is 8.96. The molecule has 0 aromatic rings. The van der Waals surface area contributed by atoms with Gasteiger partial charge in [0.05, 0.1) is 11.1 Å². The van der Waals surface area contributed by atoms with Crippen molar-refractivity contribution in [3.05, 3.63) is 22.8 Å². The Hall–Kier alpha value is -0.600. The summed E-state index contributed by atoms with van der Waals surface area (Å²) in [6.07, 6.45) is 9.99. The molecule has 4 rings (SSSR count). The number of hydrogen-bond donors (Lipinski definition) is 1. The van der Waals surface area contributed by atoms with Gasteiger partial charge in [0.1, 0.15) is 0 Å². The molecule has 126 valence electrons. The Balaban J connectivity index is 1.73. The molecule has 0 spiro atoms. The number of allylic oxidation sites excluding steroid dienone is 3. The minimum absolute atomic E-state index is 0.0275. The van der Waals surface area contributed by atoms with Crippen LogP contribution in [-0.4, -0.2) is 17.0 Å². The number of halogens is 1. The fourth-order valence-electron chi connectivity index (χ4n) is 6.26. The highest BCUT2D eigenvalue weighted by atomic mass is 35.5. The van der Waals surface area contributed by atoms with Crippen LogP contribution in [0.2, 0.25) is 0 Å². The lowest BCUT2D eigenvalue weighted by atomic mass is 9.47. The third-order valence-corrected chi connectivity index (χ3v) is 7.98. The normalized spacial score (nSPS) is 49.5. The fraction of sp³-hybridized carbons (Fsp3) is 0.750. The Kier molecular flexibility index (Phi) is 3.77. The maximum absolute atomic E-state index is 12.0.